The first-order chi connectivity index (χ1) is 8.39. The summed E-state index contributed by atoms with van der Waals surface area (Å²) in [5, 5.41) is 11.5. The van der Waals surface area contributed by atoms with Crippen LogP contribution in [0.3, 0.4) is 0 Å². The van der Waals surface area contributed by atoms with Crippen LogP contribution in [0.15, 0.2) is 0 Å². The highest BCUT2D eigenvalue weighted by Crippen LogP contribution is 2.69. The van der Waals surface area contributed by atoms with E-state index in [1.807, 2.05) is 0 Å². The normalized spacial score (nSPS) is 47.7. The molecule has 3 unspecified atom stereocenters. The van der Waals surface area contributed by atoms with Gasteiger partial charge in [-0.25, -0.2) is 0 Å². The molecule has 3 saturated carbocycles. The van der Waals surface area contributed by atoms with Gasteiger partial charge >= 0.3 is 0 Å². The highest BCUT2D eigenvalue weighted by atomic mass is 16.3. The Morgan fingerprint density at radius 1 is 1.00 bits per heavy atom. The van der Waals surface area contributed by atoms with Crippen LogP contribution in [0.4, 0.5) is 0 Å². The minimum atomic E-state index is -0.398. The summed E-state index contributed by atoms with van der Waals surface area (Å²) in [6.07, 6.45) is 11.9. The summed E-state index contributed by atoms with van der Waals surface area (Å²) in [6, 6.07) is 0. The van der Waals surface area contributed by atoms with E-state index in [1.54, 1.807) is 0 Å². The molecular formula is C17H30O. The first kappa shape index (κ1) is 13.0. The van der Waals surface area contributed by atoms with E-state index >= 15 is 0 Å². The lowest BCUT2D eigenvalue weighted by Gasteiger charge is -2.52. The Balaban J connectivity index is 1.83. The molecule has 1 heteroatoms. The molecule has 0 aromatic carbocycles. The molecule has 3 aliphatic carbocycles. The minimum absolute atomic E-state index is 0.136. The minimum Gasteiger partial charge on any atom is -0.389 e. The van der Waals surface area contributed by atoms with Gasteiger partial charge in [0.2, 0.25) is 0 Å². The lowest BCUT2D eigenvalue weighted by Crippen LogP contribution is -2.55. The molecule has 1 nitrogen and oxygen atoms in total. The van der Waals surface area contributed by atoms with Gasteiger partial charge in [0.25, 0.3) is 0 Å². The average Bonchev–Trinajstić information content (AvgIpc) is 2.79. The molecule has 3 rings (SSSR count). The van der Waals surface area contributed by atoms with Gasteiger partial charge in [0.1, 0.15) is 0 Å². The van der Waals surface area contributed by atoms with E-state index in [0.717, 1.165) is 18.3 Å². The molecule has 1 N–H and O–H groups in total. The smallest absolute Gasteiger partial charge is 0.0757 e. The molecule has 0 radical (unpaired) electrons. The fourth-order valence-corrected chi connectivity index (χ4v) is 5.67. The van der Waals surface area contributed by atoms with Crippen LogP contribution in [-0.2, 0) is 0 Å². The Kier molecular flexibility index (Phi) is 2.86. The third-order valence-corrected chi connectivity index (χ3v) is 7.14. The zero-order valence-corrected chi connectivity index (χ0v) is 12.5. The van der Waals surface area contributed by atoms with Crippen molar-refractivity contribution < 1.29 is 5.11 Å². The van der Waals surface area contributed by atoms with Gasteiger partial charge in [-0.1, -0.05) is 52.9 Å². The summed E-state index contributed by atoms with van der Waals surface area (Å²) >= 11 is 0. The van der Waals surface area contributed by atoms with Crippen LogP contribution >= 0.6 is 0 Å². The van der Waals surface area contributed by atoms with E-state index in [0.29, 0.717) is 0 Å². The molecule has 0 aromatic heterocycles. The SMILES string of the molecule is CC12CCC(C1)C(C)(C)C2(O)CC1CCCCC1. The van der Waals surface area contributed by atoms with E-state index in [-0.39, 0.29) is 10.8 Å². The average molecular weight is 250 g/mol. The van der Waals surface area contributed by atoms with Crippen LogP contribution in [0.2, 0.25) is 0 Å². The fourth-order valence-electron chi connectivity index (χ4n) is 5.67. The van der Waals surface area contributed by atoms with E-state index in [2.05, 4.69) is 20.8 Å². The zero-order chi connectivity index (χ0) is 13.0. The van der Waals surface area contributed by atoms with Crippen molar-refractivity contribution in [3.05, 3.63) is 0 Å². The molecular weight excluding hydrogens is 220 g/mol. The number of rotatable bonds is 2. The Labute approximate surface area is 112 Å². The molecule has 2 bridgehead atoms. The van der Waals surface area contributed by atoms with Crippen molar-refractivity contribution in [1.29, 1.82) is 0 Å². The first-order valence-electron chi connectivity index (χ1n) is 8.11. The molecule has 0 amide bonds. The maximum absolute atomic E-state index is 11.5. The van der Waals surface area contributed by atoms with E-state index < -0.39 is 5.60 Å². The largest absolute Gasteiger partial charge is 0.389 e. The van der Waals surface area contributed by atoms with Crippen LogP contribution in [0.25, 0.3) is 0 Å². The molecule has 3 aliphatic rings. The third-order valence-electron chi connectivity index (χ3n) is 7.14. The molecule has 0 aliphatic heterocycles. The van der Waals surface area contributed by atoms with Gasteiger partial charge < -0.3 is 5.11 Å². The predicted octanol–water partition coefficient (Wildman–Crippen LogP) is 4.53. The summed E-state index contributed by atoms with van der Waals surface area (Å²) in [5.74, 6) is 1.55. The van der Waals surface area contributed by atoms with Crippen molar-refractivity contribution in [1.82, 2.24) is 0 Å². The lowest BCUT2D eigenvalue weighted by atomic mass is 9.57. The number of hydrogen-bond acceptors (Lipinski definition) is 1. The zero-order valence-electron chi connectivity index (χ0n) is 12.5. The van der Waals surface area contributed by atoms with Gasteiger partial charge in [0.15, 0.2) is 0 Å². The van der Waals surface area contributed by atoms with Gasteiger partial charge in [0.05, 0.1) is 5.60 Å². The summed E-state index contributed by atoms with van der Waals surface area (Å²) < 4.78 is 0. The second-order valence-corrected chi connectivity index (χ2v) is 8.29. The van der Waals surface area contributed by atoms with Gasteiger partial charge in [-0.15, -0.1) is 0 Å². The number of fused-ring (bicyclic) bond motifs is 2. The second-order valence-electron chi connectivity index (χ2n) is 8.29. The van der Waals surface area contributed by atoms with Crippen LogP contribution in [0.1, 0.15) is 78.6 Å². The first-order valence-corrected chi connectivity index (χ1v) is 8.11. The molecule has 0 saturated heterocycles. The number of hydrogen-bond donors (Lipinski definition) is 1. The van der Waals surface area contributed by atoms with Gasteiger partial charge in [-0.2, -0.15) is 0 Å². The topological polar surface area (TPSA) is 20.2 Å². The van der Waals surface area contributed by atoms with Crippen LogP contribution < -0.4 is 0 Å². The monoisotopic (exact) mass is 250 g/mol. The van der Waals surface area contributed by atoms with Crippen molar-refractivity contribution in [3.8, 4) is 0 Å². The summed E-state index contributed by atoms with van der Waals surface area (Å²) in [7, 11) is 0. The summed E-state index contributed by atoms with van der Waals surface area (Å²) in [4.78, 5) is 0. The number of aliphatic hydroxyl groups is 1. The molecule has 0 spiro atoms. The Bertz CT molecular complexity index is 322. The van der Waals surface area contributed by atoms with E-state index in [4.69, 9.17) is 0 Å². The lowest BCUT2D eigenvalue weighted by molar-refractivity contribution is -0.157. The Morgan fingerprint density at radius 2 is 1.67 bits per heavy atom. The molecule has 3 fully saturated rings. The predicted molar refractivity (Wildman–Crippen MR) is 75.4 cm³/mol. The van der Waals surface area contributed by atoms with Crippen molar-refractivity contribution in [2.24, 2.45) is 22.7 Å². The second kappa shape index (κ2) is 3.98. The van der Waals surface area contributed by atoms with Crippen LogP contribution in [0, 0.1) is 22.7 Å². The Hall–Kier alpha value is -0.0400. The fraction of sp³-hybridized carbons (Fsp3) is 1.00. The quantitative estimate of drug-likeness (QED) is 0.763. The van der Waals surface area contributed by atoms with Crippen molar-refractivity contribution in [2.75, 3.05) is 0 Å². The van der Waals surface area contributed by atoms with Gasteiger partial charge in [-0.05, 0) is 48.3 Å². The van der Waals surface area contributed by atoms with Crippen LogP contribution in [-0.4, -0.2) is 10.7 Å². The maximum atomic E-state index is 11.5. The van der Waals surface area contributed by atoms with Gasteiger partial charge in [-0.3, -0.25) is 0 Å². The molecule has 0 aromatic rings. The van der Waals surface area contributed by atoms with E-state index in [9.17, 15) is 5.11 Å². The van der Waals surface area contributed by atoms with Crippen LogP contribution in [0.5, 0.6) is 0 Å². The van der Waals surface area contributed by atoms with Crippen molar-refractivity contribution >= 4 is 0 Å². The molecule has 3 atom stereocenters. The van der Waals surface area contributed by atoms with Gasteiger partial charge in [0, 0.05) is 0 Å². The maximum Gasteiger partial charge on any atom is 0.0757 e. The highest BCUT2D eigenvalue weighted by molar-refractivity contribution is 5.18. The highest BCUT2D eigenvalue weighted by Gasteiger charge is 2.68. The summed E-state index contributed by atoms with van der Waals surface area (Å²) in [6.45, 7) is 7.04. The standard InChI is InChI=1S/C17H30O/c1-15(2)14-9-10-16(3,12-14)17(15,18)11-13-7-5-4-6-8-13/h13-14,18H,4-12H2,1-3H3. The third kappa shape index (κ3) is 1.55. The molecule has 104 valence electrons. The van der Waals surface area contributed by atoms with E-state index in [1.165, 1.54) is 51.4 Å². The Morgan fingerprint density at radius 3 is 2.22 bits per heavy atom. The molecule has 18 heavy (non-hydrogen) atoms. The van der Waals surface area contributed by atoms with Crippen molar-refractivity contribution in [2.45, 2.75) is 84.2 Å². The molecule has 0 heterocycles. The summed E-state index contributed by atoms with van der Waals surface area (Å²) in [5.41, 5.74) is -0.0546. The van der Waals surface area contributed by atoms with Crippen molar-refractivity contribution in [3.63, 3.8) is 0 Å².